The molecule has 2 aliphatic heterocycles. The van der Waals surface area contributed by atoms with Gasteiger partial charge in [-0.05, 0) is 107 Å². The third-order valence-corrected chi connectivity index (χ3v) is 16.8. The lowest BCUT2D eigenvalue weighted by atomic mass is 9.95. The summed E-state index contributed by atoms with van der Waals surface area (Å²) in [6, 6.07) is 8.36. The molecule has 4 heterocycles. The van der Waals surface area contributed by atoms with Crippen molar-refractivity contribution in [1.29, 1.82) is 0 Å². The summed E-state index contributed by atoms with van der Waals surface area (Å²) in [6.07, 6.45) is 27.2. The van der Waals surface area contributed by atoms with Gasteiger partial charge in [-0.1, -0.05) is 77.0 Å². The Kier molecular flexibility index (Phi) is 18.2. The van der Waals surface area contributed by atoms with Crippen molar-refractivity contribution in [2.75, 3.05) is 36.0 Å². The van der Waals surface area contributed by atoms with E-state index >= 15 is 0 Å². The van der Waals surface area contributed by atoms with Gasteiger partial charge in [0.2, 0.25) is 0 Å². The van der Waals surface area contributed by atoms with Gasteiger partial charge in [-0.2, -0.15) is 0 Å². The number of anilines is 2. The van der Waals surface area contributed by atoms with Crippen molar-refractivity contribution in [1.82, 2.24) is 20.6 Å². The number of aliphatic carboxylic acids is 2. The molecule has 0 bridgehead atoms. The van der Waals surface area contributed by atoms with E-state index in [1.807, 2.05) is 24.3 Å². The van der Waals surface area contributed by atoms with Crippen LogP contribution in [0.25, 0.3) is 0 Å². The molecular weight excluding hydrogens is 833 g/mol. The highest BCUT2D eigenvalue weighted by molar-refractivity contribution is 8.00. The van der Waals surface area contributed by atoms with Crippen molar-refractivity contribution in [2.45, 2.75) is 193 Å². The Hall–Kier alpha value is -3.52. The highest BCUT2D eigenvalue weighted by Crippen LogP contribution is 2.38. The summed E-state index contributed by atoms with van der Waals surface area (Å²) in [5.74, 6) is 0.644. The van der Waals surface area contributed by atoms with Gasteiger partial charge in [-0.15, -0.1) is 23.5 Å². The minimum atomic E-state index is -0.733. The number of piperidine rings is 1. The Morgan fingerprint density at radius 1 is 0.508 bits per heavy atom. The Morgan fingerprint density at radius 3 is 1.33 bits per heavy atom. The lowest BCUT2D eigenvalue weighted by molar-refractivity contribution is -0.139. The number of carboxylic acid groups (broad SMARTS) is 2. The number of nitrogens with zero attached hydrogens (tertiary/aromatic N) is 4. The van der Waals surface area contributed by atoms with Crippen molar-refractivity contribution in [3.8, 4) is 0 Å². The largest absolute Gasteiger partial charge is 0.481 e. The number of carbonyl (C=O) groups excluding carboxylic acids is 2. The first-order valence-corrected chi connectivity index (χ1v) is 26.3. The third-order valence-electron chi connectivity index (χ3n) is 14.1. The summed E-state index contributed by atoms with van der Waals surface area (Å²) in [7, 11) is 0. The first-order chi connectivity index (χ1) is 30.7. The summed E-state index contributed by atoms with van der Waals surface area (Å²) in [4.78, 5) is 62.9. The number of hydrogen-bond acceptors (Lipinski definition) is 10. The molecule has 0 spiro atoms. The number of rotatable bonds is 14. The summed E-state index contributed by atoms with van der Waals surface area (Å²) in [6.45, 7) is 3.16. The maximum atomic E-state index is 13.2. The lowest BCUT2D eigenvalue weighted by Gasteiger charge is -2.33. The molecule has 12 nitrogen and oxygen atoms in total. The molecule has 4 N–H and O–H groups in total. The van der Waals surface area contributed by atoms with Crippen LogP contribution in [0.3, 0.4) is 0 Å². The Morgan fingerprint density at radius 2 is 0.905 bits per heavy atom. The normalized spacial score (nSPS) is 23.1. The molecule has 2 aromatic heterocycles. The fourth-order valence-corrected chi connectivity index (χ4v) is 13.2. The molecule has 4 saturated carbocycles. The fraction of sp³-hybridized carbons (Fsp3) is 0.714. The van der Waals surface area contributed by atoms with E-state index < -0.39 is 11.9 Å². The van der Waals surface area contributed by atoms with Crippen LogP contribution >= 0.6 is 23.5 Å². The van der Waals surface area contributed by atoms with E-state index in [0.29, 0.717) is 21.6 Å². The van der Waals surface area contributed by atoms with Crippen LogP contribution in [0.2, 0.25) is 0 Å². The molecule has 6 fully saturated rings. The number of aromatic nitrogens is 2. The lowest BCUT2D eigenvalue weighted by Crippen LogP contribution is -2.38. The summed E-state index contributed by atoms with van der Waals surface area (Å²) >= 11 is 3.55. The van der Waals surface area contributed by atoms with Gasteiger partial charge in [0.25, 0.3) is 11.8 Å². The van der Waals surface area contributed by atoms with Gasteiger partial charge in [-0.3, -0.25) is 19.2 Å². The zero-order valence-electron chi connectivity index (χ0n) is 37.4. The molecule has 2 amide bonds. The van der Waals surface area contributed by atoms with Crippen molar-refractivity contribution in [2.24, 2.45) is 11.8 Å². The molecule has 0 radical (unpaired) electrons. The minimum absolute atomic E-state index is 0.00874. The number of amides is 2. The standard InChI is InChI=1S/C25H37N3O3S.C24H35N3O3S/c29-23(30)16-18-8-7-15-28(17-18)22-14-13-21(24(31)26-19-9-3-1-4-10-19)25(27-22)32-20-11-5-2-6-12-20;28-22(29)15-17-13-14-27(16-17)21-12-11-20(23(30)25-18-7-3-1-4-8-18)24(26-21)31-19-9-5-2-6-10-19/h13-14,18-20H,1-12,15-17H2,(H,26,31)(H,29,30);11-12,17-19H,1-10,13-16H2,(H,25,30)(H,28,29)/t18-;17-/m11/s1. The molecule has 2 atom stereocenters. The van der Waals surface area contributed by atoms with Crippen molar-refractivity contribution in [3.05, 3.63) is 35.4 Å². The van der Waals surface area contributed by atoms with Gasteiger partial charge >= 0.3 is 11.9 Å². The second kappa shape index (κ2) is 24.1. The van der Waals surface area contributed by atoms with Crippen molar-refractivity contribution < 1.29 is 29.4 Å². The van der Waals surface area contributed by atoms with E-state index in [1.54, 1.807) is 23.5 Å². The molecule has 0 aromatic carbocycles. The van der Waals surface area contributed by atoms with Gasteiger partial charge in [0.15, 0.2) is 0 Å². The molecule has 63 heavy (non-hydrogen) atoms. The Balaban J connectivity index is 0.000000189. The Bertz CT molecular complexity index is 1830. The number of thioether (sulfide) groups is 2. The zero-order valence-corrected chi connectivity index (χ0v) is 39.0. The molecule has 346 valence electrons. The van der Waals surface area contributed by atoms with Crippen molar-refractivity contribution >= 4 is 58.9 Å². The van der Waals surface area contributed by atoms with Crippen molar-refractivity contribution in [3.63, 3.8) is 0 Å². The van der Waals surface area contributed by atoms with E-state index in [1.165, 1.54) is 103 Å². The van der Waals surface area contributed by atoms with E-state index in [9.17, 15) is 24.3 Å². The molecule has 6 aliphatic rings. The topological polar surface area (TPSA) is 165 Å². The number of nitrogens with one attached hydrogen (secondary N) is 2. The molecule has 8 rings (SSSR count). The van der Waals surface area contributed by atoms with Crippen LogP contribution in [0.15, 0.2) is 34.3 Å². The number of pyridine rings is 2. The monoisotopic (exact) mass is 904 g/mol. The second-order valence-corrected chi connectivity index (χ2v) is 21.7. The van der Waals surface area contributed by atoms with E-state index in [4.69, 9.17) is 15.1 Å². The van der Waals surface area contributed by atoms with Gasteiger partial charge < -0.3 is 30.6 Å². The quantitative estimate of drug-likeness (QED) is 0.142. The van der Waals surface area contributed by atoms with Crippen LogP contribution in [0, 0.1) is 11.8 Å². The predicted molar refractivity (Wildman–Crippen MR) is 252 cm³/mol. The number of carbonyl (C=O) groups is 4. The molecule has 4 aliphatic carbocycles. The molecule has 2 aromatic rings. The minimum Gasteiger partial charge on any atom is -0.481 e. The highest BCUT2D eigenvalue weighted by atomic mass is 32.2. The second-order valence-electron chi connectivity index (χ2n) is 19.2. The van der Waals surface area contributed by atoms with E-state index in [0.717, 1.165) is 92.8 Å². The summed E-state index contributed by atoms with van der Waals surface area (Å²) < 4.78 is 0. The van der Waals surface area contributed by atoms with Gasteiger partial charge in [0, 0.05) is 61.6 Å². The van der Waals surface area contributed by atoms with Gasteiger partial charge in [-0.25, -0.2) is 9.97 Å². The van der Waals surface area contributed by atoms with Crippen LogP contribution in [0.4, 0.5) is 11.6 Å². The van der Waals surface area contributed by atoms with Gasteiger partial charge in [0.05, 0.1) is 11.1 Å². The average molecular weight is 905 g/mol. The zero-order chi connectivity index (χ0) is 44.0. The van der Waals surface area contributed by atoms with Crippen LogP contribution in [-0.4, -0.2) is 92.7 Å². The molecule has 14 heteroatoms. The number of carboxylic acids is 2. The Labute approximate surface area is 383 Å². The number of hydrogen-bond donors (Lipinski definition) is 4. The van der Waals surface area contributed by atoms with E-state index in [-0.39, 0.29) is 48.6 Å². The molecular formula is C49H72N6O6S2. The van der Waals surface area contributed by atoms with Crippen LogP contribution in [0.5, 0.6) is 0 Å². The van der Waals surface area contributed by atoms with Crippen LogP contribution in [-0.2, 0) is 9.59 Å². The maximum absolute atomic E-state index is 13.2. The SMILES string of the molecule is O=C(O)C[C@H]1CCCN(c2ccc(C(=O)NC3CCCCC3)c(SC3CCCCC3)n2)C1.O=C(O)C[C@H]1CCN(c2ccc(C(=O)NC3CCCCC3)c(SC3CCCCC3)n2)C1. The fourth-order valence-electron chi connectivity index (χ4n) is 10.6. The first kappa shape index (κ1) is 47.4. The van der Waals surface area contributed by atoms with Gasteiger partial charge in [0.1, 0.15) is 21.7 Å². The summed E-state index contributed by atoms with van der Waals surface area (Å²) in [5, 5.41) is 27.6. The predicted octanol–water partition coefficient (Wildman–Crippen LogP) is 10.1. The summed E-state index contributed by atoms with van der Waals surface area (Å²) in [5.41, 5.74) is 1.40. The highest BCUT2D eigenvalue weighted by Gasteiger charge is 2.30. The van der Waals surface area contributed by atoms with Crippen LogP contribution < -0.4 is 20.4 Å². The first-order valence-electron chi connectivity index (χ1n) is 24.6. The van der Waals surface area contributed by atoms with E-state index in [2.05, 4.69) is 20.4 Å². The van der Waals surface area contributed by atoms with Crippen LogP contribution in [0.1, 0.15) is 181 Å². The smallest absolute Gasteiger partial charge is 0.303 e. The average Bonchev–Trinajstić information content (AvgIpc) is 3.76. The molecule has 2 saturated heterocycles. The molecule has 0 unspecified atom stereocenters. The third kappa shape index (κ3) is 14.5. The maximum Gasteiger partial charge on any atom is 0.303 e.